The molecule has 1 heterocycles. The van der Waals surface area contributed by atoms with Gasteiger partial charge >= 0.3 is 5.97 Å². The number of benzene rings is 1. The zero-order valence-electron chi connectivity index (χ0n) is 12.2. The third-order valence-electron chi connectivity index (χ3n) is 3.74. The Morgan fingerprint density at radius 2 is 2.14 bits per heavy atom. The molecule has 5 heteroatoms. The molecular formula is C16H21NO4. The number of ether oxygens (including phenoxy) is 1. The quantitative estimate of drug-likeness (QED) is 0.816. The largest absolute Gasteiger partial charge is 0.493 e. The van der Waals surface area contributed by atoms with Gasteiger partial charge in [0.15, 0.2) is 0 Å². The Bertz CT molecular complexity index is 515. The van der Waals surface area contributed by atoms with Gasteiger partial charge in [0, 0.05) is 13.0 Å². The number of carboxylic acid groups (broad SMARTS) is 1. The van der Waals surface area contributed by atoms with Crippen molar-refractivity contribution in [1.29, 1.82) is 0 Å². The summed E-state index contributed by atoms with van der Waals surface area (Å²) >= 11 is 0. The summed E-state index contributed by atoms with van der Waals surface area (Å²) in [7, 11) is 0. The number of hydrogen-bond acceptors (Lipinski definition) is 3. The summed E-state index contributed by atoms with van der Waals surface area (Å²) in [4.78, 5) is 24.6. The molecular weight excluding hydrogens is 270 g/mol. The zero-order chi connectivity index (χ0) is 15.2. The van der Waals surface area contributed by atoms with Gasteiger partial charge in [-0.1, -0.05) is 18.2 Å². The molecule has 114 valence electrons. The normalized spacial score (nSPS) is 17.8. The van der Waals surface area contributed by atoms with Gasteiger partial charge in [-0.25, -0.2) is 4.79 Å². The van der Waals surface area contributed by atoms with Crippen molar-refractivity contribution in [2.45, 2.75) is 38.6 Å². The lowest BCUT2D eigenvalue weighted by Gasteiger charge is -2.21. The second-order valence-electron chi connectivity index (χ2n) is 5.30. The molecule has 21 heavy (non-hydrogen) atoms. The number of aliphatic carboxylic acids is 1. The van der Waals surface area contributed by atoms with E-state index in [-0.39, 0.29) is 5.91 Å². The van der Waals surface area contributed by atoms with Gasteiger partial charge in [-0.3, -0.25) is 4.79 Å². The zero-order valence-corrected chi connectivity index (χ0v) is 12.2. The molecule has 1 aromatic rings. The molecule has 1 saturated heterocycles. The average Bonchev–Trinajstić information content (AvgIpc) is 2.95. The van der Waals surface area contributed by atoms with Crippen LogP contribution in [0.2, 0.25) is 0 Å². The van der Waals surface area contributed by atoms with Crippen LogP contribution < -0.4 is 4.74 Å². The van der Waals surface area contributed by atoms with Gasteiger partial charge < -0.3 is 14.7 Å². The van der Waals surface area contributed by atoms with E-state index < -0.39 is 12.0 Å². The van der Waals surface area contributed by atoms with Crippen molar-refractivity contribution in [2.75, 3.05) is 13.2 Å². The van der Waals surface area contributed by atoms with Gasteiger partial charge in [0.1, 0.15) is 11.8 Å². The maximum absolute atomic E-state index is 12.0. The van der Waals surface area contributed by atoms with Crippen LogP contribution >= 0.6 is 0 Å². The summed E-state index contributed by atoms with van der Waals surface area (Å²) < 4.78 is 5.64. The van der Waals surface area contributed by atoms with Crippen LogP contribution in [-0.4, -0.2) is 41.1 Å². The van der Waals surface area contributed by atoms with Crippen LogP contribution in [0, 0.1) is 6.92 Å². The number of nitrogens with zero attached hydrogens (tertiary/aromatic N) is 1. The summed E-state index contributed by atoms with van der Waals surface area (Å²) in [5.41, 5.74) is 1.06. The van der Waals surface area contributed by atoms with Crippen molar-refractivity contribution in [3.05, 3.63) is 29.8 Å². The lowest BCUT2D eigenvalue weighted by molar-refractivity contribution is -0.148. The molecule has 0 aromatic heterocycles. The number of aryl methyl sites for hydroxylation is 1. The second kappa shape index (κ2) is 7.11. The molecule has 1 aliphatic heterocycles. The number of carbonyl (C=O) groups is 2. The van der Waals surface area contributed by atoms with Gasteiger partial charge in [0.25, 0.3) is 0 Å². The number of amides is 1. The highest BCUT2D eigenvalue weighted by Crippen LogP contribution is 2.19. The van der Waals surface area contributed by atoms with Crippen LogP contribution in [0.15, 0.2) is 24.3 Å². The number of carboxylic acids is 1. The fourth-order valence-electron chi connectivity index (χ4n) is 2.59. The third-order valence-corrected chi connectivity index (χ3v) is 3.74. The highest BCUT2D eigenvalue weighted by molar-refractivity contribution is 5.84. The van der Waals surface area contributed by atoms with Gasteiger partial charge in [-0.2, -0.15) is 0 Å². The third kappa shape index (κ3) is 3.97. The Balaban J connectivity index is 1.75. The number of para-hydroxylation sites is 1. The van der Waals surface area contributed by atoms with Crippen LogP contribution in [0.25, 0.3) is 0 Å². The molecule has 1 atom stereocenters. The highest BCUT2D eigenvalue weighted by atomic mass is 16.5. The van der Waals surface area contributed by atoms with Crippen molar-refractivity contribution in [3.8, 4) is 5.75 Å². The fraction of sp³-hybridized carbons (Fsp3) is 0.500. The van der Waals surface area contributed by atoms with E-state index in [0.29, 0.717) is 32.4 Å². The van der Waals surface area contributed by atoms with Crippen LogP contribution in [0.1, 0.15) is 31.2 Å². The van der Waals surface area contributed by atoms with E-state index in [1.165, 1.54) is 4.90 Å². The second-order valence-corrected chi connectivity index (χ2v) is 5.30. The smallest absolute Gasteiger partial charge is 0.326 e. The van der Waals surface area contributed by atoms with E-state index in [4.69, 9.17) is 9.84 Å². The number of hydrogen-bond donors (Lipinski definition) is 1. The maximum atomic E-state index is 12.0. The van der Waals surface area contributed by atoms with E-state index in [1.54, 1.807) is 0 Å². The van der Waals surface area contributed by atoms with E-state index in [0.717, 1.165) is 17.7 Å². The van der Waals surface area contributed by atoms with Crippen LogP contribution in [-0.2, 0) is 9.59 Å². The van der Waals surface area contributed by atoms with Gasteiger partial charge in [0.05, 0.1) is 6.61 Å². The fourth-order valence-corrected chi connectivity index (χ4v) is 2.59. The minimum Gasteiger partial charge on any atom is -0.493 e. The monoisotopic (exact) mass is 291 g/mol. The molecule has 0 radical (unpaired) electrons. The number of likely N-dealkylation sites (tertiary alicyclic amines) is 1. The molecule has 0 spiro atoms. The lowest BCUT2D eigenvalue weighted by Crippen LogP contribution is -2.40. The van der Waals surface area contributed by atoms with E-state index in [9.17, 15) is 9.59 Å². The molecule has 2 rings (SSSR count). The summed E-state index contributed by atoms with van der Waals surface area (Å²) in [6.45, 7) is 2.98. The predicted molar refractivity (Wildman–Crippen MR) is 78.3 cm³/mol. The predicted octanol–water partition coefficient (Wildman–Crippen LogP) is 2.23. The number of rotatable bonds is 6. The molecule has 1 amide bonds. The molecule has 1 unspecified atom stereocenters. The van der Waals surface area contributed by atoms with Crippen LogP contribution in [0.5, 0.6) is 5.75 Å². The molecule has 1 aliphatic rings. The van der Waals surface area contributed by atoms with Crippen LogP contribution in [0.4, 0.5) is 0 Å². The molecule has 1 N–H and O–H groups in total. The Kier molecular flexibility index (Phi) is 5.20. The summed E-state index contributed by atoms with van der Waals surface area (Å²) in [5, 5.41) is 9.06. The van der Waals surface area contributed by atoms with E-state index in [1.807, 2.05) is 31.2 Å². The first-order valence-electron chi connectivity index (χ1n) is 7.30. The summed E-state index contributed by atoms with van der Waals surface area (Å²) in [6, 6.07) is 7.09. The first-order chi connectivity index (χ1) is 10.1. The minimum absolute atomic E-state index is 0.0896. The Morgan fingerprint density at radius 1 is 1.38 bits per heavy atom. The SMILES string of the molecule is Cc1ccccc1OCCCC(=O)N1CCCC1C(=O)O. The summed E-state index contributed by atoms with van der Waals surface area (Å²) in [5.74, 6) is -0.167. The Hall–Kier alpha value is -2.04. The standard InChI is InChI=1S/C16H21NO4/c1-12-6-2-3-8-14(12)21-11-5-9-15(18)17-10-4-7-13(17)16(19)20/h2-3,6,8,13H,4-5,7,9-11H2,1H3,(H,19,20). The van der Waals surface area contributed by atoms with Crippen molar-refractivity contribution < 1.29 is 19.4 Å². The summed E-state index contributed by atoms with van der Waals surface area (Å²) in [6.07, 6.45) is 2.24. The highest BCUT2D eigenvalue weighted by Gasteiger charge is 2.33. The maximum Gasteiger partial charge on any atom is 0.326 e. The lowest BCUT2D eigenvalue weighted by atomic mass is 10.2. The molecule has 0 saturated carbocycles. The van der Waals surface area contributed by atoms with Crippen molar-refractivity contribution in [2.24, 2.45) is 0 Å². The van der Waals surface area contributed by atoms with E-state index >= 15 is 0 Å². The first-order valence-corrected chi connectivity index (χ1v) is 7.30. The van der Waals surface area contributed by atoms with Crippen molar-refractivity contribution in [1.82, 2.24) is 4.90 Å². The average molecular weight is 291 g/mol. The topological polar surface area (TPSA) is 66.8 Å². The molecule has 1 fully saturated rings. The van der Waals surface area contributed by atoms with Gasteiger partial charge in [-0.15, -0.1) is 0 Å². The van der Waals surface area contributed by atoms with Crippen LogP contribution in [0.3, 0.4) is 0 Å². The molecule has 0 bridgehead atoms. The Labute approximate surface area is 124 Å². The van der Waals surface area contributed by atoms with Gasteiger partial charge in [0.2, 0.25) is 5.91 Å². The van der Waals surface area contributed by atoms with Gasteiger partial charge in [-0.05, 0) is 37.8 Å². The van der Waals surface area contributed by atoms with Crippen molar-refractivity contribution >= 4 is 11.9 Å². The number of carbonyl (C=O) groups excluding carboxylic acids is 1. The first kappa shape index (κ1) is 15.4. The molecule has 1 aromatic carbocycles. The van der Waals surface area contributed by atoms with Crippen molar-refractivity contribution in [3.63, 3.8) is 0 Å². The minimum atomic E-state index is -0.906. The molecule has 0 aliphatic carbocycles. The van der Waals surface area contributed by atoms with E-state index in [2.05, 4.69) is 0 Å². The Morgan fingerprint density at radius 3 is 2.86 bits per heavy atom. The molecule has 5 nitrogen and oxygen atoms in total.